The zero-order chi connectivity index (χ0) is 53.6. The van der Waals surface area contributed by atoms with Crippen molar-refractivity contribution in [1.29, 1.82) is 0 Å². The Bertz CT molecular complexity index is 1370. The second-order valence-electron chi connectivity index (χ2n) is 21.3. The molecule has 428 valence electrons. The fourth-order valence-corrected chi connectivity index (χ4v) is 9.17. The zero-order valence-corrected chi connectivity index (χ0v) is 49.1. The SMILES string of the molecule is CC/C=C\C/C=C\C/C=C\C/C=C\C/C=C\CCCCCCCCCCCCCCCCCCCC(=O)OCC(COC(=O)CCCCCCCCCC)OC(=O)CCCCCCC/C=C\CCCCCCCC. The van der Waals surface area contributed by atoms with Gasteiger partial charge in [-0.25, -0.2) is 0 Å². The molecule has 6 nitrogen and oxygen atoms in total. The van der Waals surface area contributed by atoms with Gasteiger partial charge in [-0.15, -0.1) is 0 Å². The Balaban J connectivity index is 4.03. The highest BCUT2D eigenvalue weighted by molar-refractivity contribution is 5.71. The summed E-state index contributed by atoms with van der Waals surface area (Å²) < 4.78 is 16.8. The van der Waals surface area contributed by atoms with Crippen LogP contribution in [0.25, 0.3) is 0 Å². The topological polar surface area (TPSA) is 78.9 Å². The molecule has 74 heavy (non-hydrogen) atoms. The van der Waals surface area contributed by atoms with Gasteiger partial charge in [-0.3, -0.25) is 14.4 Å². The molecule has 1 atom stereocenters. The summed E-state index contributed by atoms with van der Waals surface area (Å²) in [5.74, 6) is -0.873. The van der Waals surface area contributed by atoms with E-state index < -0.39 is 6.10 Å². The van der Waals surface area contributed by atoms with Crippen LogP contribution in [0.1, 0.15) is 323 Å². The van der Waals surface area contributed by atoms with Gasteiger partial charge >= 0.3 is 17.9 Å². The smallest absolute Gasteiger partial charge is 0.306 e. The zero-order valence-electron chi connectivity index (χ0n) is 49.1. The maximum Gasteiger partial charge on any atom is 0.306 e. The summed E-state index contributed by atoms with van der Waals surface area (Å²) in [5.41, 5.74) is 0. The Morgan fingerprint density at radius 1 is 0.284 bits per heavy atom. The van der Waals surface area contributed by atoms with Crippen molar-refractivity contribution in [3.05, 3.63) is 72.9 Å². The summed E-state index contributed by atoms with van der Waals surface area (Å²) >= 11 is 0. The number of allylic oxidation sites excluding steroid dienone is 12. The first-order valence-electron chi connectivity index (χ1n) is 31.9. The monoisotopic (exact) mass is 1030 g/mol. The number of unbranched alkanes of at least 4 members (excludes halogenated alkanes) is 35. The predicted octanol–water partition coefficient (Wildman–Crippen LogP) is 21.7. The third kappa shape index (κ3) is 59.7. The Labute approximate surface area is 459 Å². The van der Waals surface area contributed by atoms with E-state index in [1.54, 1.807) is 0 Å². The summed E-state index contributed by atoms with van der Waals surface area (Å²) in [6, 6.07) is 0. The van der Waals surface area contributed by atoms with Crippen molar-refractivity contribution in [3.8, 4) is 0 Å². The minimum atomic E-state index is -0.774. The van der Waals surface area contributed by atoms with Gasteiger partial charge in [0.2, 0.25) is 0 Å². The van der Waals surface area contributed by atoms with Crippen LogP contribution in [0.3, 0.4) is 0 Å². The van der Waals surface area contributed by atoms with E-state index in [1.165, 1.54) is 186 Å². The molecule has 0 saturated heterocycles. The summed E-state index contributed by atoms with van der Waals surface area (Å²) in [4.78, 5) is 38.1. The van der Waals surface area contributed by atoms with Gasteiger partial charge in [0.05, 0.1) is 0 Å². The number of carbonyl (C=O) groups excluding carboxylic acids is 3. The van der Waals surface area contributed by atoms with Crippen LogP contribution < -0.4 is 0 Å². The molecule has 0 bridgehead atoms. The van der Waals surface area contributed by atoms with Gasteiger partial charge in [0.15, 0.2) is 6.10 Å². The Hall–Kier alpha value is -3.15. The first-order chi connectivity index (χ1) is 36.5. The third-order valence-corrected chi connectivity index (χ3v) is 13.9. The van der Waals surface area contributed by atoms with Gasteiger partial charge in [0.1, 0.15) is 13.2 Å². The molecule has 0 aromatic carbocycles. The number of carbonyl (C=O) groups is 3. The van der Waals surface area contributed by atoms with E-state index in [1.807, 2.05) is 0 Å². The Morgan fingerprint density at radius 3 is 0.838 bits per heavy atom. The largest absolute Gasteiger partial charge is 0.462 e. The number of hydrogen-bond donors (Lipinski definition) is 0. The van der Waals surface area contributed by atoms with Gasteiger partial charge in [-0.05, 0) is 89.9 Å². The number of hydrogen-bond acceptors (Lipinski definition) is 6. The van der Waals surface area contributed by atoms with E-state index in [0.717, 1.165) is 96.3 Å². The van der Waals surface area contributed by atoms with E-state index in [0.29, 0.717) is 19.3 Å². The second-order valence-corrected chi connectivity index (χ2v) is 21.3. The minimum Gasteiger partial charge on any atom is -0.462 e. The van der Waals surface area contributed by atoms with Gasteiger partial charge in [0, 0.05) is 19.3 Å². The van der Waals surface area contributed by atoms with Crippen LogP contribution in [0.5, 0.6) is 0 Å². The van der Waals surface area contributed by atoms with Crippen molar-refractivity contribution >= 4 is 17.9 Å². The molecule has 0 heterocycles. The first kappa shape index (κ1) is 70.8. The first-order valence-corrected chi connectivity index (χ1v) is 31.9. The molecule has 0 aliphatic heterocycles. The molecule has 0 radical (unpaired) electrons. The van der Waals surface area contributed by atoms with Gasteiger partial charge < -0.3 is 14.2 Å². The molecule has 0 N–H and O–H groups in total. The highest BCUT2D eigenvalue weighted by atomic mass is 16.6. The minimum absolute atomic E-state index is 0.0739. The standard InChI is InChI=1S/C68H120O6/c1-4-7-10-13-16-19-21-23-25-26-27-28-29-30-31-32-33-34-35-36-37-38-39-40-41-42-44-45-47-49-52-55-58-61-67(70)73-64-65(63-72-66(69)60-57-54-51-18-15-12-9-6-3)74-68(71)62-59-56-53-50-48-46-43-24-22-20-17-14-11-8-5-2/h7,10,16,19,23-25,27-28,30-31,43,65H,4-6,8-9,11-15,17-18,20-22,26,29,32-42,44-64H2,1-3H3/b10-7-,19-16-,25-23-,28-27-,31-30-,43-24-. The van der Waals surface area contributed by atoms with Crippen molar-refractivity contribution in [3.63, 3.8) is 0 Å². The lowest BCUT2D eigenvalue weighted by Gasteiger charge is -2.18. The van der Waals surface area contributed by atoms with E-state index in [2.05, 4.69) is 93.7 Å². The molecule has 0 aromatic rings. The lowest BCUT2D eigenvalue weighted by atomic mass is 10.0. The van der Waals surface area contributed by atoms with Crippen molar-refractivity contribution in [2.24, 2.45) is 0 Å². The van der Waals surface area contributed by atoms with Gasteiger partial charge in [-0.1, -0.05) is 286 Å². The maximum atomic E-state index is 12.8. The molecule has 0 saturated carbocycles. The maximum absolute atomic E-state index is 12.8. The summed E-state index contributed by atoms with van der Waals surface area (Å²) in [6.45, 7) is 6.51. The quantitative estimate of drug-likeness (QED) is 0.0261. The van der Waals surface area contributed by atoms with Crippen molar-refractivity contribution in [2.75, 3.05) is 13.2 Å². The van der Waals surface area contributed by atoms with Crippen molar-refractivity contribution < 1.29 is 28.6 Å². The molecule has 0 rings (SSSR count). The molecule has 0 spiro atoms. The van der Waals surface area contributed by atoms with Gasteiger partial charge in [-0.2, -0.15) is 0 Å². The average Bonchev–Trinajstić information content (AvgIpc) is 3.40. The molecule has 0 aliphatic carbocycles. The summed E-state index contributed by atoms with van der Waals surface area (Å²) in [7, 11) is 0. The normalized spacial score (nSPS) is 12.5. The molecule has 1 unspecified atom stereocenters. The number of ether oxygens (including phenoxy) is 3. The lowest BCUT2D eigenvalue weighted by Crippen LogP contribution is -2.30. The van der Waals surface area contributed by atoms with Crippen LogP contribution in [-0.2, 0) is 28.6 Å². The highest BCUT2D eigenvalue weighted by Crippen LogP contribution is 2.17. The molecule has 0 aliphatic rings. The van der Waals surface area contributed by atoms with E-state index in [-0.39, 0.29) is 31.1 Å². The third-order valence-electron chi connectivity index (χ3n) is 13.9. The fraction of sp³-hybridized carbons (Fsp3) is 0.779. The van der Waals surface area contributed by atoms with E-state index in [4.69, 9.17) is 14.2 Å². The fourth-order valence-electron chi connectivity index (χ4n) is 9.17. The second kappa shape index (κ2) is 62.4. The molecular formula is C68H120O6. The van der Waals surface area contributed by atoms with Crippen LogP contribution in [0.4, 0.5) is 0 Å². The average molecular weight is 1030 g/mol. The van der Waals surface area contributed by atoms with Crippen LogP contribution in [0, 0.1) is 0 Å². The van der Waals surface area contributed by atoms with E-state index >= 15 is 0 Å². The van der Waals surface area contributed by atoms with Crippen molar-refractivity contribution in [2.45, 2.75) is 329 Å². The van der Waals surface area contributed by atoms with Gasteiger partial charge in [0.25, 0.3) is 0 Å². The van der Waals surface area contributed by atoms with E-state index in [9.17, 15) is 14.4 Å². The molecule has 0 amide bonds. The molecule has 0 aromatic heterocycles. The molecule has 0 fully saturated rings. The molecular weight excluding hydrogens is 913 g/mol. The van der Waals surface area contributed by atoms with Crippen molar-refractivity contribution in [1.82, 2.24) is 0 Å². The summed E-state index contributed by atoms with van der Waals surface area (Å²) in [5, 5.41) is 0. The van der Waals surface area contributed by atoms with Crippen LogP contribution >= 0.6 is 0 Å². The highest BCUT2D eigenvalue weighted by Gasteiger charge is 2.19. The van der Waals surface area contributed by atoms with Crippen LogP contribution in [0.15, 0.2) is 72.9 Å². The number of esters is 3. The van der Waals surface area contributed by atoms with Crippen LogP contribution in [0.2, 0.25) is 0 Å². The summed E-state index contributed by atoms with van der Waals surface area (Å²) in [6.07, 6.45) is 80.8. The number of rotatable bonds is 58. The predicted molar refractivity (Wildman–Crippen MR) is 321 cm³/mol. The lowest BCUT2D eigenvalue weighted by molar-refractivity contribution is -0.167. The Kier molecular flexibility index (Phi) is 59.7. The van der Waals surface area contributed by atoms with Crippen LogP contribution in [-0.4, -0.2) is 37.2 Å². The molecule has 6 heteroatoms. The Morgan fingerprint density at radius 2 is 0.527 bits per heavy atom.